The molecule has 7 heteroatoms. The van der Waals surface area contributed by atoms with Gasteiger partial charge in [-0.15, -0.1) is 0 Å². The Hall–Kier alpha value is -1.31. The van der Waals surface area contributed by atoms with Gasteiger partial charge in [-0.05, 0) is 29.7 Å². The molecule has 0 bridgehead atoms. The molecule has 1 aromatic carbocycles. The number of hydrogen-bond donors (Lipinski definition) is 0. The van der Waals surface area contributed by atoms with Crippen molar-refractivity contribution in [2.45, 2.75) is 13.0 Å². The van der Waals surface area contributed by atoms with Crippen LogP contribution in [-0.2, 0) is 23.2 Å². The second-order valence-electron chi connectivity index (χ2n) is 4.85. The highest BCUT2D eigenvalue weighted by molar-refractivity contribution is 7.86. The van der Waals surface area contributed by atoms with Gasteiger partial charge >= 0.3 is 0 Å². The Morgan fingerprint density at radius 3 is 2.15 bits per heavy atom. The SMILES string of the molecule is COc1cc2c(cc1OC)CN(S(=O)(=O)N(C)C)CC2. The van der Waals surface area contributed by atoms with Crippen LogP contribution in [0.5, 0.6) is 11.5 Å². The summed E-state index contributed by atoms with van der Waals surface area (Å²) in [5, 5.41) is 0. The predicted octanol–water partition coefficient (Wildman–Crippen LogP) is 0.868. The van der Waals surface area contributed by atoms with Crippen molar-refractivity contribution in [3.05, 3.63) is 23.3 Å². The molecule has 1 aliphatic rings. The van der Waals surface area contributed by atoms with E-state index in [-0.39, 0.29) is 0 Å². The van der Waals surface area contributed by atoms with E-state index in [1.54, 1.807) is 28.3 Å². The van der Waals surface area contributed by atoms with Gasteiger partial charge in [-0.1, -0.05) is 0 Å². The predicted molar refractivity (Wildman–Crippen MR) is 76.3 cm³/mol. The Morgan fingerprint density at radius 2 is 1.65 bits per heavy atom. The maximum absolute atomic E-state index is 12.2. The third-order valence-electron chi connectivity index (χ3n) is 3.47. The highest BCUT2D eigenvalue weighted by Gasteiger charge is 2.29. The fourth-order valence-electron chi connectivity index (χ4n) is 2.29. The molecule has 0 spiro atoms. The Kier molecular flexibility index (Phi) is 4.22. The molecule has 0 aromatic heterocycles. The minimum atomic E-state index is -3.38. The molecule has 0 saturated heterocycles. The topological polar surface area (TPSA) is 59.1 Å². The Balaban J connectivity index is 2.35. The molecule has 112 valence electrons. The summed E-state index contributed by atoms with van der Waals surface area (Å²) in [5.41, 5.74) is 2.06. The van der Waals surface area contributed by atoms with Gasteiger partial charge in [0.15, 0.2) is 11.5 Å². The van der Waals surface area contributed by atoms with Crippen molar-refractivity contribution in [1.82, 2.24) is 8.61 Å². The smallest absolute Gasteiger partial charge is 0.281 e. The van der Waals surface area contributed by atoms with Crippen molar-refractivity contribution >= 4 is 10.2 Å². The zero-order valence-electron chi connectivity index (χ0n) is 12.2. The van der Waals surface area contributed by atoms with Gasteiger partial charge in [0, 0.05) is 27.2 Å². The summed E-state index contributed by atoms with van der Waals surface area (Å²) in [4.78, 5) is 0. The van der Waals surface area contributed by atoms with E-state index in [2.05, 4.69) is 0 Å². The van der Waals surface area contributed by atoms with Crippen LogP contribution in [0.15, 0.2) is 12.1 Å². The summed E-state index contributed by atoms with van der Waals surface area (Å²) in [6, 6.07) is 3.78. The van der Waals surface area contributed by atoms with Crippen molar-refractivity contribution in [3.8, 4) is 11.5 Å². The molecule has 1 aliphatic heterocycles. The molecule has 20 heavy (non-hydrogen) atoms. The lowest BCUT2D eigenvalue weighted by Crippen LogP contribution is -2.42. The van der Waals surface area contributed by atoms with Gasteiger partial charge in [0.1, 0.15) is 0 Å². The third kappa shape index (κ3) is 2.61. The maximum atomic E-state index is 12.2. The van der Waals surface area contributed by atoms with Gasteiger partial charge in [-0.3, -0.25) is 0 Å². The van der Waals surface area contributed by atoms with Gasteiger partial charge in [0.2, 0.25) is 0 Å². The Morgan fingerprint density at radius 1 is 1.10 bits per heavy atom. The van der Waals surface area contributed by atoms with Crippen molar-refractivity contribution in [2.75, 3.05) is 34.9 Å². The molecule has 0 aliphatic carbocycles. The summed E-state index contributed by atoms with van der Waals surface area (Å²) in [6.45, 7) is 0.833. The average molecular weight is 300 g/mol. The third-order valence-corrected chi connectivity index (χ3v) is 5.36. The monoisotopic (exact) mass is 300 g/mol. The van der Waals surface area contributed by atoms with Gasteiger partial charge in [-0.2, -0.15) is 17.0 Å². The van der Waals surface area contributed by atoms with Crippen LogP contribution < -0.4 is 9.47 Å². The molecule has 0 N–H and O–H groups in total. The normalized spacial score (nSPS) is 16.1. The number of benzene rings is 1. The lowest BCUT2D eigenvalue weighted by molar-refractivity contribution is 0.342. The minimum absolute atomic E-state index is 0.357. The van der Waals surface area contributed by atoms with Crippen LogP contribution >= 0.6 is 0 Å². The highest BCUT2D eigenvalue weighted by atomic mass is 32.2. The van der Waals surface area contributed by atoms with E-state index in [1.165, 1.54) is 8.61 Å². The van der Waals surface area contributed by atoms with Crippen molar-refractivity contribution in [2.24, 2.45) is 0 Å². The van der Waals surface area contributed by atoms with Crippen LogP contribution in [0.2, 0.25) is 0 Å². The van der Waals surface area contributed by atoms with Crippen LogP contribution in [0.4, 0.5) is 0 Å². The van der Waals surface area contributed by atoms with Crippen LogP contribution in [0, 0.1) is 0 Å². The molecule has 0 radical (unpaired) electrons. The number of fused-ring (bicyclic) bond motifs is 1. The number of rotatable bonds is 4. The first-order chi connectivity index (χ1) is 9.40. The first-order valence-corrected chi connectivity index (χ1v) is 7.71. The zero-order valence-corrected chi connectivity index (χ0v) is 13.0. The second kappa shape index (κ2) is 5.59. The lowest BCUT2D eigenvalue weighted by atomic mass is 10.0. The molecule has 0 unspecified atom stereocenters. The molecule has 2 rings (SSSR count). The Labute approximate surface area is 120 Å². The molecule has 6 nitrogen and oxygen atoms in total. The summed E-state index contributed by atoms with van der Waals surface area (Å²) >= 11 is 0. The van der Waals surface area contributed by atoms with Crippen molar-refractivity contribution < 1.29 is 17.9 Å². The molecule has 0 atom stereocenters. The van der Waals surface area contributed by atoms with Gasteiger partial charge in [0.05, 0.1) is 14.2 Å². The van der Waals surface area contributed by atoms with E-state index in [1.807, 2.05) is 12.1 Å². The van der Waals surface area contributed by atoms with Crippen LogP contribution in [0.1, 0.15) is 11.1 Å². The average Bonchev–Trinajstić information content (AvgIpc) is 2.44. The number of nitrogens with zero attached hydrogens (tertiary/aromatic N) is 2. The summed E-state index contributed by atoms with van der Waals surface area (Å²) < 4.78 is 37.6. The zero-order chi connectivity index (χ0) is 14.9. The molecular formula is C13H20N2O4S. The van der Waals surface area contributed by atoms with Crippen LogP contribution in [0.3, 0.4) is 0 Å². The number of hydrogen-bond acceptors (Lipinski definition) is 4. The molecule has 0 fully saturated rings. The number of methoxy groups -OCH3 is 2. The van der Waals surface area contributed by atoms with E-state index in [0.29, 0.717) is 31.0 Å². The van der Waals surface area contributed by atoms with E-state index in [0.717, 1.165) is 11.1 Å². The van der Waals surface area contributed by atoms with E-state index in [9.17, 15) is 8.42 Å². The fraction of sp³-hybridized carbons (Fsp3) is 0.538. The van der Waals surface area contributed by atoms with Crippen LogP contribution in [-0.4, -0.2) is 51.9 Å². The summed E-state index contributed by atoms with van der Waals surface area (Å²) in [5.74, 6) is 1.30. The molecule has 1 heterocycles. The van der Waals surface area contributed by atoms with E-state index in [4.69, 9.17) is 9.47 Å². The van der Waals surface area contributed by atoms with Gasteiger partial charge in [0.25, 0.3) is 10.2 Å². The summed E-state index contributed by atoms with van der Waals surface area (Å²) in [7, 11) is 2.86. The Bertz CT molecular complexity index is 599. The largest absolute Gasteiger partial charge is 0.493 e. The summed E-state index contributed by atoms with van der Waals surface area (Å²) in [6.07, 6.45) is 0.669. The van der Waals surface area contributed by atoms with Gasteiger partial charge < -0.3 is 9.47 Å². The molecular weight excluding hydrogens is 280 g/mol. The minimum Gasteiger partial charge on any atom is -0.493 e. The fourth-order valence-corrected chi connectivity index (χ4v) is 3.37. The molecule has 0 amide bonds. The maximum Gasteiger partial charge on any atom is 0.281 e. The van der Waals surface area contributed by atoms with E-state index >= 15 is 0 Å². The standard InChI is InChI=1S/C13H20N2O4S/c1-14(2)20(16,17)15-6-5-10-7-12(18-3)13(19-4)8-11(10)9-15/h7-8H,5-6,9H2,1-4H3. The van der Waals surface area contributed by atoms with Crippen molar-refractivity contribution in [1.29, 1.82) is 0 Å². The quantitative estimate of drug-likeness (QED) is 0.828. The van der Waals surface area contributed by atoms with Crippen molar-refractivity contribution in [3.63, 3.8) is 0 Å². The lowest BCUT2D eigenvalue weighted by Gasteiger charge is -2.30. The molecule has 0 saturated carbocycles. The van der Waals surface area contributed by atoms with E-state index < -0.39 is 10.2 Å². The first kappa shape index (κ1) is 15.1. The van der Waals surface area contributed by atoms with Crippen LogP contribution in [0.25, 0.3) is 0 Å². The first-order valence-electron chi connectivity index (χ1n) is 6.31. The second-order valence-corrected chi connectivity index (χ2v) is 6.99. The van der Waals surface area contributed by atoms with Gasteiger partial charge in [-0.25, -0.2) is 0 Å². The highest BCUT2D eigenvalue weighted by Crippen LogP contribution is 2.33. The number of ether oxygens (including phenoxy) is 2. The molecule has 1 aromatic rings.